The van der Waals surface area contributed by atoms with E-state index in [1.165, 1.54) is 5.56 Å². The average Bonchev–Trinajstić information content (AvgIpc) is 3.04. The summed E-state index contributed by atoms with van der Waals surface area (Å²) < 4.78 is 5.47. The van der Waals surface area contributed by atoms with Crippen LogP contribution in [0.3, 0.4) is 0 Å². The molecule has 3 rings (SSSR count). The molecule has 1 atom stereocenters. The van der Waals surface area contributed by atoms with Crippen LogP contribution in [0, 0.1) is 0 Å². The number of ketones is 1. The molecule has 1 fully saturated rings. The third-order valence-corrected chi connectivity index (χ3v) is 5.69. The lowest BCUT2D eigenvalue weighted by atomic mass is 9.94. The van der Waals surface area contributed by atoms with E-state index in [1.807, 2.05) is 50.2 Å². The van der Waals surface area contributed by atoms with Gasteiger partial charge in [-0.2, -0.15) is 0 Å². The molecule has 1 unspecified atom stereocenters. The third kappa shape index (κ3) is 5.02. The van der Waals surface area contributed by atoms with Crippen molar-refractivity contribution in [3.05, 3.63) is 70.8 Å². The number of Topliss-reactive ketones (excluding diaryl/α,β-unsaturated/α-hetero) is 1. The Kier molecular flexibility index (Phi) is 7.70. The van der Waals surface area contributed by atoms with Gasteiger partial charge in [0.25, 0.3) is 11.7 Å². The highest BCUT2D eigenvalue weighted by molar-refractivity contribution is 6.46. The summed E-state index contributed by atoms with van der Waals surface area (Å²) in [6.07, 6.45) is 1.63. The Labute approximate surface area is 190 Å². The van der Waals surface area contributed by atoms with E-state index in [1.54, 1.807) is 29.2 Å². The molecule has 1 aliphatic heterocycles. The van der Waals surface area contributed by atoms with E-state index in [9.17, 15) is 14.7 Å². The van der Waals surface area contributed by atoms with Gasteiger partial charge in [-0.05, 0) is 75.8 Å². The third-order valence-electron chi connectivity index (χ3n) is 5.69. The highest BCUT2D eigenvalue weighted by Gasteiger charge is 2.45. The van der Waals surface area contributed by atoms with E-state index in [-0.39, 0.29) is 11.3 Å². The van der Waals surface area contributed by atoms with Crippen molar-refractivity contribution in [2.75, 3.05) is 33.8 Å². The van der Waals surface area contributed by atoms with E-state index >= 15 is 0 Å². The summed E-state index contributed by atoms with van der Waals surface area (Å²) >= 11 is 0. The number of rotatable bonds is 9. The van der Waals surface area contributed by atoms with Gasteiger partial charge in [0.05, 0.1) is 18.2 Å². The molecule has 2 aromatic rings. The molecule has 1 amide bonds. The van der Waals surface area contributed by atoms with Crippen LogP contribution in [0.2, 0.25) is 0 Å². The van der Waals surface area contributed by atoms with Gasteiger partial charge in [-0.15, -0.1) is 0 Å². The van der Waals surface area contributed by atoms with Gasteiger partial charge < -0.3 is 19.6 Å². The Morgan fingerprint density at radius 3 is 2.25 bits per heavy atom. The molecule has 32 heavy (non-hydrogen) atoms. The van der Waals surface area contributed by atoms with Crippen LogP contribution in [0.5, 0.6) is 5.75 Å². The molecule has 6 nitrogen and oxygen atoms in total. The molecule has 0 spiro atoms. The van der Waals surface area contributed by atoms with Crippen LogP contribution in [0.25, 0.3) is 5.76 Å². The molecule has 1 N–H and O–H groups in total. The topological polar surface area (TPSA) is 70.1 Å². The van der Waals surface area contributed by atoms with Crippen LogP contribution >= 0.6 is 0 Å². The standard InChI is InChI=1S/C26H32N2O4/c1-5-18-8-10-19(11-9-18)23-22(24(29)20-12-14-21(15-13-20)32-6-2)25(30)26(31)28(23)17-7-16-27(3)4/h8-15,23,29H,5-7,16-17H2,1-4H3/b24-22-. The molecule has 1 aliphatic rings. The van der Waals surface area contributed by atoms with Gasteiger partial charge >= 0.3 is 0 Å². The van der Waals surface area contributed by atoms with E-state index in [0.717, 1.165) is 24.9 Å². The number of carbonyl (C=O) groups is 2. The van der Waals surface area contributed by atoms with Crippen molar-refractivity contribution < 1.29 is 19.4 Å². The minimum atomic E-state index is -0.647. The minimum absolute atomic E-state index is 0.133. The second kappa shape index (κ2) is 10.5. The first-order valence-electron chi connectivity index (χ1n) is 11.1. The highest BCUT2D eigenvalue weighted by atomic mass is 16.5. The first-order chi connectivity index (χ1) is 15.4. The maximum absolute atomic E-state index is 13.1. The molecule has 0 saturated carbocycles. The van der Waals surface area contributed by atoms with Gasteiger partial charge in [0.2, 0.25) is 0 Å². The van der Waals surface area contributed by atoms with Crippen molar-refractivity contribution >= 4 is 17.4 Å². The number of aliphatic hydroxyl groups is 1. The number of amides is 1. The summed E-state index contributed by atoms with van der Waals surface area (Å²) in [6.45, 7) is 5.74. The number of aryl methyl sites for hydroxylation is 1. The average molecular weight is 437 g/mol. The van der Waals surface area contributed by atoms with Crippen molar-refractivity contribution in [1.82, 2.24) is 9.80 Å². The van der Waals surface area contributed by atoms with Gasteiger partial charge in [-0.1, -0.05) is 31.2 Å². The molecule has 0 aliphatic carbocycles. The zero-order chi connectivity index (χ0) is 23.3. The van der Waals surface area contributed by atoms with Gasteiger partial charge in [-0.3, -0.25) is 9.59 Å². The first-order valence-corrected chi connectivity index (χ1v) is 11.1. The van der Waals surface area contributed by atoms with Gasteiger partial charge in [0.1, 0.15) is 11.5 Å². The Balaban J connectivity index is 2.04. The number of hydrogen-bond donors (Lipinski definition) is 1. The zero-order valence-corrected chi connectivity index (χ0v) is 19.3. The van der Waals surface area contributed by atoms with Crippen molar-refractivity contribution in [3.8, 4) is 5.75 Å². The summed E-state index contributed by atoms with van der Waals surface area (Å²) in [4.78, 5) is 29.7. The van der Waals surface area contributed by atoms with Crippen molar-refractivity contribution in [2.45, 2.75) is 32.7 Å². The van der Waals surface area contributed by atoms with E-state index in [2.05, 4.69) is 6.92 Å². The molecule has 0 bridgehead atoms. The maximum Gasteiger partial charge on any atom is 0.295 e. The smallest absolute Gasteiger partial charge is 0.295 e. The molecule has 0 aromatic heterocycles. The normalized spacial score (nSPS) is 17.9. The minimum Gasteiger partial charge on any atom is -0.507 e. The fourth-order valence-electron chi connectivity index (χ4n) is 3.98. The van der Waals surface area contributed by atoms with Crippen LogP contribution in [0.15, 0.2) is 54.1 Å². The lowest BCUT2D eigenvalue weighted by Gasteiger charge is -2.26. The Bertz CT molecular complexity index is 978. The number of ether oxygens (including phenoxy) is 1. The molecule has 6 heteroatoms. The predicted octanol–water partition coefficient (Wildman–Crippen LogP) is 4.02. The molecule has 1 saturated heterocycles. The van der Waals surface area contributed by atoms with Crippen LogP contribution in [0.1, 0.15) is 43.0 Å². The number of carbonyl (C=O) groups excluding carboxylic acids is 2. The Morgan fingerprint density at radius 1 is 1.03 bits per heavy atom. The van der Waals surface area contributed by atoms with Gasteiger partial charge in [0.15, 0.2) is 0 Å². The van der Waals surface area contributed by atoms with Crippen LogP contribution in [-0.4, -0.2) is 60.4 Å². The zero-order valence-electron chi connectivity index (χ0n) is 19.3. The van der Waals surface area contributed by atoms with E-state index in [4.69, 9.17) is 4.74 Å². The molecule has 0 radical (unpaired) electrons. The summed E-state index contributed by atoms with van der Waals surface area (Å²) in [5.41, 5.74) is 2.60. The van der Waals surface area contributed by atoms with Crippen molar-refractivity contribution in [1.29, 1.82) is 0 Å². The molecular weight excluding hydrogens is 404 g/mol. The molecule has 170 valence electrons. The lowest BCUT2D eigenvalue weighted by molar-refractivity contribution is -0.139. The number of nitrogens with zero attached hydrogens (tertiary/aromatic N) is 2. The second-order valence-electron chi connectivity index (χ2n) is 8.20. The number of hydrogen-bond acceptors (Lipinski definition) is 5. The van der Waals surface area contributed by atoms with Crippen LogP contribution in [-0.2, 0) is 16.0 Å². The maximum atomic E-state index is 13.1. The largest absolute Gasteiger partial charge is 0.507 e. The predicted molar refractivity (Wildman–Crippen MR) is 126 cm³/mol. The lowest BCUT2D eigenvalue weighted by Crippen LogP contribution is -2.32. The number of aliphatic hydroxyl groups excluding tert-OH is 1. The van der Waals surface area contributed by atoms with Crippen molar-refractivity contribution in [2.24, 2.45) is 0 Å². The summed E-state index contributed by atoms with van der Waals surface area (Å²) in [7, 11) is 3.95. The van der Waals surface area contributed by atoms with Crippen molar-refractivity contribution in [3.63, 3.8) is 0 Å². The van der Waals surface area contributed by atoms with Crippen LogP contribution < -0.4 is 4.74 Å². The molecular formula is C26H32N2O4. The van der Waals surface area contributed by atoms with E-state index < -0.39 is 17.7 Å². The molecule has 1 heterocycles. The fourth-order valence-corrected chi connectivity index (χ4v) is 3.98. The SMILES string of the molecule is CCOc1ccc(/C(O)=C2/C(=O)C(=O)N(CCCN(C)C)C2c2ccc(CC)cc2)cc1. The second-order valence-corrected chi connectivity index (χ2v) is 8.20. The highest BCUT2D eigenvalue weighted by Crippen LogP contribution is 2.39. The Morgan fingerprint density at radius 2 is 1.69 bits per heavy atom. The summed E-state index contributed by atoms with van der Waals surface area (Å²) in [5.74, 6) is -0.697. The van der Waals surface area contributed by atoms with Gasteiger partial charge in [-0.25, -0.2) is 0 Å². The number of benzene rings is 2. The summed E-state index contributed by atoms with van der Waals surface area (Å²) in [6, 6.07) is 14.2. The number of likely N-dealkylation sites (tertiary alicyclic amines) is 1. The fraction of sp³-hybridized carbons (Fsp3) is 0.385. The molecule has 2 aromatic carbocycles. The summed E-state index contributed by atoms with van der Waals surface area (Å²) in [5, 5.41) is 11.1. The van der Waals surface area contributed by atoms with E-state index in [0.29, 0.717) is 24.5 Å². The Hall–Kier alpha value is -3.12. The monoisotopic (exact) mass is 436 g/mol. The first kappa shape index (κ1) is 23.5. The van der Waals surface area contributed by atoms with Gasteiger partial charge in [0, 0.05) is 12.1 Å². The quantitative estimate of drug-likeness (QED) is 0.365. The van der Waals surface area contributed by atoms with Crippen LogP contribution in [0.4, 0.5) is 0 Å².